The van der Waals surface area contributed by atoms with E-state index in [4.69, 9.17) is 4.42 Å². The first-order valence-corrected chi connectivity index (χ1v) is 19.6. The van der Waals surface area contributed by atoms with Gasteiger partial charge in [0.2, 0.25) is 0 Å². The maximum atomic E-state index is 6.94. The molecule has 12 rings (SSSR count). The van der Waals surface area contributed by atoms with Crippen molar-refractivity contribution in [2.75, 3.05) is 5.32 Å². The van der Waals surface area contributed by atoms with Gasteiger partial charge in [0.15, 0.2) is 0 Å². The van der Waals surface area contributed by atoms with Crippen LogP contribution in [0.1, 0.15) is 28.2 Å². The molecule has 0 aliphatic carbocycles. The highest BCUT2D eigenvalue weighted by atomic mass is 32.1. The smallest absolute Gasteiger partial charge is 0.142 e. The van der Waals surface area contributed by atoms with Crippen LogP contribution in [-0.2, 0) is 0 Å². The fraction of sp³-hybridized carbons (Fsp3) is 0.0400. The average Bonchev–Trinajstić information content (AvgIpc) is 3.92. The van der Waals surface area contributed by atoms with Gasteiger partial charge in [-0.15, -0.1) is 11.3 Å². The monoisotopic (exact) mass is 723 g/mol. The van der Waals surface area contributed by atoms with Crippen molar-refractivity contribution in [1.29, 1.82) is 0 Å². The summed E-state index contributed by atoms with van der Waals surface area (Å²) in [5.74, 6) is 0. The van der Waals surface area contributed by atoms with Crippen LogP contribution in [0.3, 0.4) is 0 Å². The highest BCUT2D eigenvalue weighted by molar-refractivity contribution is 7.20. The molecule has 4 heterocycles. The van der Waals surface area contributed by atoms with Crippen LogP contribution in [0, 0.1) is 0 Å². The lowest BCUT2D eigenvalue weighted by molar-refractivity contribution is 0.510. The largest absolute Gasteiger partial charge is 0.456 e. The van der Waals surface area contributed by atoms with Crippen LogP contribution in [0.4, 0.5) is 5.69 Å². The minimum atomic E-state index is -0.198. The molecular formula is C50H33N3OS. The van der Waals surface area contributed by atoms with Crippen molar-refractivity contribution >= 4 is 81.6 Å². The van der Waals surface area contributed by atoms with Crippen molar-refractivity contribution in [2.45, 2.75) is 12.2 Å². The Labute approximate surface area is 320 Å². The van der Waals surface area contributed by atoms with Crippen molar-refractivity contribution in [3.05, 3.63) is 192 Å². The van der Waals surface area contributed by atoms with Crippen LogP contribution in [0.2, 0.25) is 0 Å². The van der Waals surface area contributed by atoms with Crippen molar-refractivity contribution in [1.82, 2.24) is 9.88 Å². The van der Waals surface area contributed by atoms with Crippen LogP contribution in [0.5, 0.6) is 0 Å². The second-order valence-corrected chi connectivity index (χ2v) is 15.6. The summed E-state index contributed by atoms with van der Waals surface area (Å²) >= 11 is 1.86. The van der Waals surface area contributed by atoms with Gasteiger partial charge >= 0.3 is 0 Å². The number of thiophene rings is 1. The Hall–Kier alpha value is -6.66. The molecule has 4 nitrogen and oxygen atoms in total. The van der Waals surface area contributed by atoms with Crippen molar-refractivity contribution < 1.29 is 4.42 Å². The summed E-state index contributed by atoms with van der Waals surface area (Å²) in [5, 5.41) is 16.4. The number of aromatic nitrogens is 1. The number of rotatable bonds is 4. The van der Waals surface area contributed by atoms with Crippen LogP contribution in [-0.4, -0.2) is 4.57 Å². The molecule has 0 amide bonds. The fourth-order valence-electron chi connectivity index (χ4n) is 8.94. The van der Waals surface area contributed by atoms with E-state index in [0.29, 0.717) is 0 Å². The zero-order chi connectivity index (χ0) is 36.0. The van der Waals surface area contributed by atoms with Gasteiger partial charge in [-0.2, -0.15) is 0 Å². The maximum absolute atomic E-state index is 6.94. The number of furan rings is 1. The molecule has 1 aliphatic heterocycles. The first-order chi connectivity index (χ1) is 27.3. The summed E-state index contributed by atoms with van der Waals surface area (Å²) in [5.41, 5.74) is 11.2. The summed E-state index contributed by atoms with van der Waals surface area (Å²) < 4.78 is 10.6. The van der Waals surface area contributed by atoms with E-state index >= 15 is 0 Å². The topological polar surface area (TPSA) is 42.1 Å². The first-order valence-electron chi connectivity index (χ1n) is 18.8. The number of anilines is 1. The second-order valence-electron chi connectivity index (χ2n) is 14.5. The second kappa shape index (κ2) is 11.9. The molecule has 1 aliphatic rings. The Kier molecular flexibility index (Phi) is 6.67. The number of nitrogens with zero attached hydrogens (tertiary/aromatic N) is 1. The van der Waals surface area contributed by atoms with E-state index < -0.39 is 0 Å². The summed E-state index contributed by atoms with van der Waals surface area (Å²) in [4.78, 5) is 1.29. The Bertz CT molecular complexity index is 3280. The zero-order valence-electron chi connectivity index (χ0n) is 29.7. The molecule has 0 spiro atoms. The number of benzene rings is 8. The Morgan fingerprint density at radius 3 is 2.13 bits per heavy atom. The van der Waals surface area contributed by atoms with Gasteiger partial charge in [0.25, 0.3) is 0 Å². The molecule has 55 heavy (non-hydrogen) atoms. The molecule has 5 heteroatoms. The fourth-order valence-corrected chi connectivity index (χ4v) is 10.2. The molecule has 2 atom stereocenters. The summed E-state index contributed by atoms with van der Waals surface area (Å²) in [6, 6.07) is 63.5. The van der Waals surface area contributed by atoms with Crippen molar-refractivity contribution in [3.8, 4) is 16.8 Å². The molecule has 2 unspecified atom stereocenters. The van der Waals surface area contributed by atoms with Gasteiger partial charge in [-0.25, -0.2) is 0 Å². The van der Waals surface area contributed by atoms with Gasteiger partial charge < -0.3 is 14.3 Å². The molecule has 0 fully saturated rings. The molecule has 8 aromatic carbocycles. The average molecular weight is 724 g/mol. The maximum Gasteiger partial charge on any atom is 0.142 e. The van der Waals surface area contributed by atoms with Crippen LogP contribution < -0.4 is 10.6 Å². The van der Waals surface area contributed by atoms with Crippen molar-refractivity contribution in [3.63, 3.8) is 0 Å². The lowest BCUT2D eigenvalue weighted by Crippen LogP contribution is -2.36. The van der Waals surface area contributed by atoms with E-state index in [1.807, 2.05) is 11.3 Å². The molecule has 2 N–H and O–H groups in total. The van der Waals surface area contributed by atoms with Crippen LogP contribution in [0.15, 0.2) is 180 Å². The van der Waals surface area contributed by atoms with E-state index in [1.54, 1.807) is 0 Å². The van der Waals surface area contributed by atoms with E-state index in [0.717, 1.165) is 33.2 Å². The predicted octanol–water partition coefficient (Wildman–Crippen LogP) is 13.5. The van der Waals surface area contributed by atoms with Gasteiger partial charge in [0, 0.05) is 31.8 Å². The van der Waals surface area contributed by atoms with Crippen LogP contribution in [0.25, 0.3) is 81.4 Å². The number of fused-ring (bicyclic) bond motifs is 10. The van der Waals surface area contributed by atoms with E-state index in [1.165, 1.54) is 69.9 Å². The standard InChI is InChI=1S/C50H33N3OS/c1-2-12-30(13-3-1)31-24-26-32(27-25-31)46-49-47(36-17-7-9-23-44(36)55-49)52-50(51-46)38-19-10-18-37-45-41(21-11-22-43(45)54-48(37)38)53-40-20-8-6-16-35(40)39-28-33-14-4-5-15-34(33)29-42(39)53/h1-29,46,50-52H. The lowest BCUT2D eigenvalue weighted by atomic mass is 9.96. The number of para-hydroxylation sites is 2. The molecule has 260 valence electrons. The molecule has 11 aromatic rings. The van der Waals surface area contributed by atoms with Crippen molar-refractivity contribution in [2.24, 2.45) is 0 Å². The third kappa shape index (κ3) is 4.67. The summed E-state index contributed by atoms with van der Waals surface area (Å²) in [6.07, 6.45) is -0.198. The highest BCUT2D eigenvalue weighted by Crippen LogP contribution is 2.48. The molecule has 0 saturated carbocycles. The summed E-state index contributed by atoms with van der Waals surface area (Å²) in [7, 11) is 0. The molecule has 0 bridgehead atoms. The lowest BCUT2D eigenvalue weighted by Gasteiger charge is -2.33. The molecular weight excluding hydrogens is 691 g/mol. The van der Waals surface area contributed by atoms with Gasteiger partial charge in [-0.3, -0.25) is 5.32 Å². The van der Waals surface area contributed by atoms with E-state index in [-0.39, 0.29) is 12.2 Å². The normalized spacial score (nSPS) is 15.7. The quantitative estimate of drug-likeness (QED) is 0.190. The minimum absolute atomic E-state index is 0.00825. The number of nitrogens with one attached hydrogen (secondary N) is 2. The third-order valence-electron chi connectivity index (χ3n) is 11.5. The SMILES string of the molecule is c1ccc(-c2ccc(C3NC(c4cccc5c4oc4cccc(-n6c7ccccc7c7cc8ccccc8cc76)c45)Nc4c3sc3ccccc43)cc2)cc1. The number of hydrogen-bond donors (Lipinski definition) is 2. The van der Waals surface area contributed by atoms with Gasteiger partial charge in [-0.1, -0.05) is 140 Å². The van der Waals surface area contributed by atoms with Gasteiger partial charge in [-0.05, 0) is 63.9 Å². The van der Waals surface area contributed by atoms with Crippen LogP contribution >= 0.6 is 11.3 Å². The van der Waals surface area contributed by atoms with E-state index in [2.05, 4.69) is 191 Å². The Balaban J connectivity index is 1.03. The predicted molar refractivity (Wildman–Crippen MR) is 231 cm³/mol. The molecule has 0 saturated heterocycles. The molecule has 0 radical (unpaired) electrons. The first kappa shape index (κ1) is 30.8. The minimum Gasteiger partial charge on any atom is -0.456 e. The Morgan fingerprint density at radius 2 is 1.25 bits per heavy atom. The third-order valence-corrected chi connectivity index (χ3v) is 12.7. The van der Waals surface area contributed by atoms with Gasteiger partial charge in [0.1, 0.15) is 17.3 Å². The van der Waals surface area contributed by atoms with Gasteiger partial charge in [0.05, 0.1) is 38.7 Å². The molecule has 3 aromatic heterocycles. The summed E-state index contributed by atoms with van der Waals surface area (Å²) in [6.45, 7) is 0. The zero-order valence-corrected chi connectivity index (χ0v) is 30.5. The Morgan fingerprint density at radius 1 is 0.545 bits per heavy atom. The number of hydrogen-bond acceptors (Lipinski definition) is 4. The highest BCUT2D eigenvalue weighted by Gasteiger charge is 2.33. The van der Waals surface area contributed by atoms with E-state index in [9.17, 15) is 0 Å².